The van der Waals surface area contributed by atoms with Crippen molar-refractivity contribution in [2.24, 2.45) is 0 Å². The molecule has 20 heavy (non-hydrogen) atoms. The Labute approximate surface area is 123 Å². The van der Waals surface area contributed by atoms with E-state index in [0.29, 0.717) is 6.54 Å². The minimum Gasteiger partial charge on any atom is -0.336 e. The molecule has 2 rings (SSSR count). The highest BCUT2D eigenvalue weighted by atomic mass is 32.1. The number of nitrogens with one attached hydrogen (secondary N) is 2. The van der Waals surface area contributed by atoms with Crippen molar-refractivity contribution in [3.8, 4) is 0 Å². The minimum absolute atomic E-state index is 0.0157. The molecule has 0 aromatic carbocycles. The van der Waals surface area contributed by atoms with Gasteiger partial charge in [0.05, 0.1) is 6.04 Å². The topological polar surface area (TPSA) is 59.0 Å². The van der Waals surface area contributed by atoms with Gasteiger partial charge in [-0.25, -0.2) is 4.79 Å². The van der Waals surface area contributed by atoms with E-state index in [1.54, 1.807) is 17.5 Å². The number of amides is 2. The quantitative estimate of drug-likeness (QED) is 0.910. The van der Waals surface area contributed by atoms with Gasteiger partial charge in [0.1, 0.15) is 0 Å². The van der Waals surface area contributed by atoms with Crippen molar-refractivity contribution >= 4 is 17.4 Å². The Balaban J connectivity index is 2.01. The van der Waals surface area contributed by atoms with Crippen LogP contribution in [0.2, 0.25) is 0 Å². The van der Waals surface area contributed by atoms with E-state index in [9.17, 15) is 4.79 Å². The van der Waals surface area contributed by atoms with Gasteiger partial charge in [-0.05, 0) is 49.2 Å². The van der Waals surface area contributed by atoms with E-state index >= 15 is 0 Å². The van der Waals surface area contributed by atoms with Crippen LogP contribution in [0.5, 0.6) is 0 Å². The number of urea groups is 1. The fraction of sp³-hybridized carbons (Fsp3) is 0.429. The summed E-state index contributed by atoms with van der Waals surface area (Å²) in [6.07, 6.45) is 3.65. The third-order valence-corrected chi connectivity index (χ3v) is 3.42. The molecule has 2 amide bonds. The Hall–Kier alpha value is -1.82. The van der Waals surface area contributed by atoms with Gasteiger partial charge in [0.15, 0.2) is 0 Å². The maximum atomic E-state index is 11.9. The third kappa shape index (κ3) is 4.09. The summed E-state index contributed by atoms with van der Waals surface area (Å²) in [4.78, 5) is 11.9. The summed E-state index contributed by atoms with van der Waals surface area (Å²) in [5.41, 5.74) is 0.906. The monoisotopic (exact) mass is 292 g/mol. The molecule has 0 fully saturated rings. The molecular formula is C14H20N4OS. The second-order valence-corrected chi connectivity index (χ2v) is 6.42. The van der Waals surface area contributed by atoms with Crippen molar-refractivity contribution in [2.75, 3.05) is 6.54 Å². The van der Waals surface area contributed by atoms with Gasteiger partial charge in [-0.2, -0.15) is 16.4 Å². The van der Waals surface area contributed by atoms with Gasteiger partial charge in [0.2, 0.25) is 0 Å². The van der Waals surface area contributed by atoms with Gasteiger partial charge in [0, 0.05) is 24.5 Å². The molecule has 0 bridgehead atoms. The molecule has 5 nitrogen and oxygen atoms in total. The first kappa shape index (κ1) is 14.6. The zero-order chi connectivity index (χ0) is 14.6. The zero-order valence-corrected chi connectivity index (χ0v) is 12.8. The number of carbonyl (C=O) groups is 1. The molecule has 0 saturated heterocycles. The number of nitrogens with zero attached hydrogens (tertiary/aromatic N) is 2. The van der Waals surface area contributed by atoms with Gasteiger partial charge >= 0.3 is 6.03 Å². The number of thiophene rings is 1. The van der Waals surface area contributed by atoms with Crippen LogP contribution in [0.15, 0.2) is 35.3 Å². The van der Waals surface area contributed by atoms with Crippen molar-refractivity contribution in [2.45, 2.75) is 32.4 Å². The fourth-order valence-corrected chi connectivity index (χ4v) is 2.57. The minimum atomic E-state index is -0.242. The van der Waals surface area contributed by atoms with Crippen molar-refractivity contribution in [3.05, 3.63) is 40.8 Å². The van der Waals surface area contributed by atoms with E-state index in [4.69, 9.17) is 0 Å². The number of carbonyl (C=O) groups excluding carboxylic acids is 1. The second kappa shape index (κ2) is 6.09. The summed E-state index contributed by atoms with van der Waals surface area (Å²) in [6.45, 7) is 6.36. The molecule has 0 unspecified atom stereocenters. The molecule has 0 saturated carbocycles. The predicted molar refractivity (Wildman–Crippen MR) is 81.0 cm³/mol. The van der Waals surface area contributed by atoms with Crippen molar-refractivity contribution in [1.82, 2.24) is 20.4 Å². The summed E-state index contributed by atoms with van der Waals surface area (Å²) in [5, 5.41) is 14.2. The normalized spacial score (nSPS) is 12.9. The van der Waals surface area contributed by atoms with Crippen molar-refractivity contribution < 1.29 is 4.79 Å². The van der Waals surface area contributed by atoms with Crippen LogP contribution in [-0.4, -0.2) is 27.9 Å². The number of hydrogen-bond acceptors (Lipinski definition) is 3. The first-order chi connectivity index (χ1) is 9.46. The number of rotatable bonds is 4. The Kier molecular flexibility index (Phi) is 4.44. The third-order valence-electron chi connectivity index (χ3n) is 2.72. The SMILES string of the molecule is CC(C)(C)NC(=O)NC[C@H](c1ccsc1)n1cccn1. The van der Waals surface area contributed by atoms with E-state index < -0.39 is 0 Å². The average Bonchev–Trinajstić information content (AvgIpc) is 2.98. The first-order valence-corrected chi connectivity index (χ1v) is 7.47. The Morgan fingerprint density at radius 3 is 2.85 bits per heavy atom. The molecular weight excluding hydrogens is 272 g/mol. The zero-order valence-electron chi connectivity index (χ0n) is 12.0. The standard InChI is InChI=1S/C14H20N4OS/c1-14(2,3)17-13(19)15-9-12(11-5-8-20-10-11)18-7-4-6-16-18/h4-8,10,12H,9H2,1-3H3,(H2,15,17,19)/t12-/m1/s1. The lowest BCUT2D eigenvalue weighted by atomic mass is 10.1. The highest BCUT2D eigenvalue weighted by molar-refractivity contribution is 7.07. The van der Waals surface area contributed by atoms with Gasteiger partial charge < -0.3 is 10.6 Å². The molecule has 0 spiro atoms. The summed E-state index contributed by atoms with van der Waals surface area (Å²) in [6, 6.07) is 3.79. The van der Waals surface area contributed by atoms with Crippen LogP contribution in [0.1, 0.15) is 32.4 Å². The molecule has 108 valence electrons. The van der Waals surface area contributed by atoms with Gasteiger partial charge in [0.25, 0.3) is 0 Å². The van der Waals surface area contributed by atoms with Gasteiger partial charge in [-0.15, -0.1) is 0 Å². The van der Waals surface area contributed by atoms with Crippen LogP contribution in [0.3, 0.4) is 0 Å². The number of hydrogen-bond donors (Lipinski definition) is 2. The van der Waals surface area contributed by atoms with E-state index in [1.165, 1.54) is 0 Å². The lowest BCUT2D eigenvalue weighted by Crippen LogP contribution is -2.47. The molecule has 0 aliphatic heterocycles. The van der Waals surface area contributed by atoms with Crippen LogP contribution in [0, 0.1) is 0 Å². The van der Waals surface area contributed by atoms with Gasteiger partial charge in [-0.3, -0.25) is 4.68 Å². The first-order valence-electron chi connectivity index (χ1n) is 6.53. The predicted octanol–water partition coefficient (Wildman–Crippen LogP) is 2.63. The Morgan fingerprint density at radius 2 is 2.30 bits per heavy atom. The maximum Gasteiger partial charge on any atom is 0.315 e. The molecule has 2 N–H and O–H groups in total. The van der Waals surface area contributed by atoms with Crippen LogP contribution >= 0.6 is 11.3 Å². The molecule has 2 heterocycles. The van der Waals surface area contributed by atoms with Gasteiger partial charge in [-0.1, -0.05) is 0 Å². The largest absolute Gasteiger partial charge is 0.336 e. The summed E-state index contributed by atoms with van der Waals surface area (Å²) < 4.78 is 1.86. The lowest BCUT2D eigenvalue weighted by Gasteiger charge is -2.23. The fourth-order valence-electron chi connectivity index (χ4n) is 1.87. The highest BCUT2D eigenvalue weighted by Crippen LogP contribution is 2.19. The second-order valence-electron chi connectivity index (χ2n) is 5.64. The summed E-state index contributed by atoms with van der Waals surface area (Å²) >= 11 is 1.64. The highest BCUT2D eigenvalue weighted by Gasteiger charge is 2.18. The van der Waals surface area contributed by atoms with Crippen LogP contribution in [-0.2, 0) is 0 Å². The lowest BCUT2D eigenvalue weighted by molar-refractivity contribution is 0.230. The molecule has 1 atom stereocenters. The van der Waals surface area contributed by atoms with Crippen LogP contribution < -0.4 is 10.6 Å². The smallest absolute Gasteiger partial charge is 0.315 e. The van der Waals surface area contributed by atoms with Crippen molar-refractivity contribution in [3.63, 3.8) is 0 Å². The van der Waals surface area contributed by atoms with E-state index in [1.807, 2.05) is 43.1 Å². The summed E-state index contributed by atoms with van der Waals surface area (Å²) in [7, 11) is 0. The van der Waals surface area contributed by atoms with E-state index in [-0.39, 0.29) is 17.6 Å². The summed E-state index contributed by atoms with van der Waals surface area (Å²) in [5.74, 6) is 0. The Morgan fingerprint density at radius 1 is 1.50 bits per heavy atom. The number of aromatic nitrogens is 2. The molecule has 0 aliphatic carbocycles. The molecule has 0 radical (unpaired) electrons. The van der Waals surface area contributed by atoms with E-state index in [0.717, 1.165) is 5.56 Å². The van der Waals surface area contributed by atoms with Crippen LogP contribution in [0.4, 0.5) is 4.79 Å². The maximum absolute atomic E-state index is 11.9. The molecule has 6 heteroatoms. The molecule has 2 aromatic rings. The van der Waals surface area contributed by atoms with Crippen molar-refractivity contribution in [1.29, 1.82) is 0 Å². The van der Waals surface area contributed by atoms with Crippen LogP contribution in [0.25, 0.3) is 0 Å². The molecule has 2 aromatic heterocycles. The molecule has 0 aliphatic rings. The average molecular weight is 292 g/mol. The van der Waals surface area contributed by atoms with E-state index in [2.05, 4.69) is 27.2 Å². The Bertz CT molecular complexity index is 494.